The van der Waals surface area contributed by atoms with Crippen LogP contribution in [0.2, 0.25) is 0 Å². The van der Waals surface area contributed by atoms with Crippen LogP contribution in [0.4, 0.5) is 11.5 Å². The number of piperazine rings is 1. The molecule has 1 fully saturated rings. The van der Waals surface area contributed by atoms with E-state index in [-0.39, 0.29) is 17.7 Å². The van der Waals surface area contributed by atoms with Crippen molar-refractivity contribution in [1.82, 2.24) is 9.88 Å². The molecule has 39 heavy (non-hydrogen) atoms. The number of carbonyl (C=O) groups is 2. The highest BCUT2D eigenvalue weighted by Crippen LogP contribution is 2.30. The summed E-state index contributed by atoms with van der Waals surface area (Å²) in [5.74, 6) is 0.410. The first-order valence-corrected chi connectivity index (χ1v) is 14.5. The maximum Gasteiger partial charge on any atom is 0.237 e. The Bertz CT molecular complexity index is 1300. The molecule has 1 saturated heterocycles. The zero-order valence-corrected chi connectivity index (χ0v) is 23.3. The molecule has 3 heterocycles. The first-order chi connectivity index (χ1) is 19.0. The van der Waals surface area contributed by atoms with E-state index in [0.29, 0.717) is 31.1 Å². The molecule has 0 saturated carbocycles. The minimum Gasteiger partial charge on any atom is -0.478 e. The van der Waals surface area contributed by atoms with E-state index in [0.717, 1.165) is 64.0 Å². The quantitative estimate of drug-likeness (QED) is 0.326. The molecule has 0 radical (unpaired) electrons. The molecular weight excluding hydrogens is 488 g/mol. The molecule has 206 valence electrons. The second kappa shape index (κ2) is 12.6. The highest BCUT2D eigenvalue weighted by Gasteiger charge is 2.33. The van der Waals surface area contributed by atoms with E-state index in [2.05, 4.69) is 57.2 Å². The molecule has 7 nitrogen and oxygen atoms in total. The lowest BCUT2D eigenvalue weighted by atomic mass is 10.0. The lowest BCUT2D eigenvalue weighted by Gasteiger charge is -2.36. The van der Waals surface area contributed by atoms with Crippen molar-refractivity contribution in [2.75, 3.05) is 49.1 Å². The average Bonchev–Trinajstić information content (AvgIpc) is 2.97. The fourth-order valence-electron chi connectivity index (χ4n) is 5.72. The number of aromatic nitrogens is 1. The number of nitrogens with zero attached hydrogens (tertiary/aromatic N) is 4. The van der Waals surface area contributed by atoms with Crippen LogP contribution in [0, 0.1) is 5.92 Å². The summed E-state index contributed by atoms with van der Waals surface area (Å²) in [6.07, 6.45) is 4.59. The summed E-state index contributed by atoms with van der Waals surface area (Å²) >= 11 is 0. The smallest absolute Gasteiger partial charge is 0.237 e. The third-order valence-corrected chi connectivity index (χ3v) is 7.96. The van der Waals surface area contributed by atoms with Crippen LogP contribution in [-0.4, -0.2) is 61.0 Å². The minimum absolute atomic E-state index is 0.159. The van der Waals surface area contributed by atoms with Gasteiger partial charge in [0.05, 0.1) is 6.61 Å². The first kappa shape index (κ1) is 27.1. The Hall–Kier alpha value is -3.45. The number of hydrogen-bond acceptors (Lipinski definition) is 6. The van der Waals surface area contributed by atoms with Gasteiger partial charge in [-0.1, -0.05) is 56.7 Å². The van der Waals surface area contributed by atoms with Crippen LogP contribution in [-0.2, 0) is 16.0 Å². The minimum atomic E-state index is -0.204. The molecule has 3 aromatic rings. The fourth-order valence-corrected chi connectivity index (χ4v) is 5.72. The molecule has 0 N–H and O–H groups in total. The predicted octanol–water partition coefficient (Wildman–Crippen LogP) is 5.46. The van der Waals surface area contributed by atoms with Crippen LogP contribution >= 0.6 is 0 Å². The number of ether oxygens (including phenoxy) is 1. The van der Waals surface area contributed by atoms with E-state index in [4.69, 9.17) is 4.74 Å². The van der Waals surface area contributed by atoms with Gasteiger partial charge in [0, 0.05) is 55.7 Å². The Balaban J connectivity index is 1.08. The maximum atomic E-state index is 13.0. The molecule has 2 aromatic carbocycles. The third-order valence-electron chi connectivity index (χ3n) is 7.96. The van der Waals surface area contributed by atoms with Crippen molar-refractivity contribution in [2.45, 2.75) is 52.4 Å². The van der Waals surface area contributed by atoms with Crippen molar-refractivity contribution < 1.29 is 14.3 Å². The van der Waals surface area contributed by atoms with Crippen molar-refractivity contribution >= 4 is 34.1 Å². The number of benzene rings is 2. The molecule has 2 aliphatic rings. The van der Waals surface area contributed by atoms with Crippen LogP contribution in [0.15, 0.2) is 54.6 Å². The first-order valence-electron chi connectivity index (χ1n) is 14.5. The normalized spacial score (nSPS) is 16.8. The van der Waals surface area contributed by atoms with Gasteiger partial charge < -0.3 is 9.64 Å². The van der Waals surface area contributed by atoms with Crippen LogP contribution in [0.1, 0.15) is 51.5 Å². The van der Waals surface area contributed by atoms with Crippen molar-refractivity contribution in [1.29, 1.82) is 0 Å². The van der Waals surface area contributed by atoms with Gasteiger partial charge in [0.2, 0.25) is 17.7 Å². The molecular formula is C32H40N4O3. The predicted molar refractivity (Wildman–Crippen MR) is 156 cm³/mol. The highest BCUT2D eigenvalue weighted by atomic mass is 16.5. The number of imide groups is 1. The summed E-state index contributed by atoms with van der Waals surface area (Å²) in [5, 5.41) is 2.62. The van der Waals surface area contributed by atoms with Gasteiger partial charge in [0.25, 0.3) is 0 Å². The number of carbonyl (C=O) groups excluding carboxylic acids is 2. The van der Waals surface area contributed by atoms with Crippen molar-refractivity contribution in [3.8, 4) is 5.88 Å². The van der Waals surface area contributed by atoms with E-state index < -0.39 is 0 Å². The molecule has 5 rings (SSSR count). The number of rotatable bonds is 10. The maximum absolute atomic E-state index is 13.0. The Morgan fingerprint density at radius 1 is 0.974 bits per heavy atom. The van der Waals surface area contributed by atoms with Gasteiger partial charge in [-0.2, -0.15) is 4.98 Å². The van der Waals surface area contributed by atoms with Gasteiger partial charge >= 0.3 is 0 Å². The van der Waals surface area contributed by atoms with Crippen molar-refractivity contribution in [3.05, 3.63) is 60.2 Å². The van der Waals surface area contributed by atoms with E-state index in [1.54, 1.807) is 0 Å². The van der Waals surface area contributed by atoms with Gasteiger partial charge in [-0.05, 0) is 55.3 Å². The molecule has 2 aliphatic heterocycles. The molecule has 1 aromatic heterocycles. The lowest BCUT2D eigenvalue weighted by molar-refractivity contribution is -0.129. The zero-order valence-electron chi connectivity index (χ0n) is 23.3. The zero-order chi connectivity index (χ0) is 27.2. The number of amides is 2. The van der Waals surface area contributed by atoms with Crippen molar-refractivity contribution in [2.24, 2.45) is 5.92 Å². The summed E-state index contributed by atoms with van der Waals surface area (Å²) in [4.78, 5) is 36.6. The summed E-state index contributed by atoms with van der Waals surface area (Å²) in [5.41, 5.74) is 2.27. The Morgan fingerprint density at radius 2 is 1.77 bits per heavy atom. The molecule has 7 heteroatoms. The fraction of sp³-hybridized carbons (Fsp3) is 0.469. The van der Waals surface area contributed by atoms with Gasteiger partial charge in [-0.25, -0.2) is 4.90 Å². The topological polar surface area (TPSA) is 66.0 Å². The summed E-state index contributed by atoms with van der Waals surface area (Å²) in [6.45, 7) is 9.74. The molecule has 1 unspecified atom stereocenters. The van der Waals surface area contributed by atoms with E-state index >= 15 is 0 Å². The number of fused-ring (bicyclic) bond motifs is 2. The second-order valence-corrected chi connectivity index (χ2v) is 10.8. The largest absolute Gasteiger partial charge is 0.478 e. The Morgan fingerprint density at radius 3 is 2.59 bits per heavy atom. The average molecular weight is 529 g/mol. The SMILES string of the molecule is CCCC(C)C(=O)N1C(=O)CCc2ccc(OCCCCN3CCN(c4cccc5ccccc45)CC3)nc21. The monoisotopic (exact) mass is 528 g/mol. The van der Waals surface area contributed by atoms with E-state index in [1.807, 2.05) is 26.0 Å². The Kier molecular flexibility index (Phi) is 8.77. The van der Waals surface area contributed by atoms with Crippen LogP contribution < -0.4 is 14.5 Å². The molecule has 2 amide bonds. The molecule has 1 atom stereocenters. The standard InChI is InChI=1S/C32H40N4O3/c1-3-9-24(2)32(38)36-30(37)17-15-26-14-16-29(33-31(26)36)39-23-7-6-18-34-19-21-35(22-20-34)28-13-8-11-25-10-4-5-12-27(25)28/h4-5,8,10-14,16,24H,3,6-7,9,15,17-23H2,1-2H3. The molecule has 0 bridgehead atoms. The second-order valence-electron chi connectivity index (χ2n) is 10.8. The van der Waals surface area contributed by atoms with Gasteiger partial charge in [0.1, 0.15) is 5.82 Å². The number of pyridine rings is 1. The van der Waals surface area contributed by atoms with Gasteiger partial charge in [0.15, 0.2) is 0 Å². The van der Waals surface area contributed by atoms with E-state index in [1.165, 1.54) is 21.4 Å². The van der Waals surface area contributed by atoms with Crippen LogP contribution in [0.25, 0.3) is 10.8 Å². The lowest BCUT2D eigenvalue weighted by Crippen LogP contribution is -2.46. The summed E-state index contributed by atoms with van der Waals surface area (Å²) < 4.78 is 5.96. The van der Waals surface area contributed by atoms with Crippen molar-refractivity contribution in [3.63, 3.8) is 0 Å². The molecule has 0 aliphatic carbocycles. The van der Waals surface area contributed by atoms with Crippen LogP contribution in [0.3, 0.4) is 0 Å². The number of anilines is 2. The van der Waals surface area contributed by atoms with E-state index in [9.17, 15) is 9.59 Å². The third kappa shape index (κ3) is 6.25. The van der Waals surface area contributed by atoms with Gasteiger partial charge in [-0.3, -0.25) is 14.5 Å². The summed E-state index contributed by atoms with van der Waals surface area (Å²) in [7, 11) is 0. The summed E-state index contributed by atoms with van der Waals surface area (Å²) in [6, 6.07) is 19.0. The number of hydrogen-bond donors (Lipinski definition) is 0. The van der Waals surface area contributed by atoms with Crippen LogP contribution in [0.5, 0.6) is 5.88 Å². The highest BCUT2D eigenvalue weighted by molar-refractivity contribution is 6.16. The Labute approximate surface area is 231 Å². The van der Waals surface area contributed by atoms with Gasteiger partial charge in [-0.15, -0.1) is 0 Å². The number of unbranched alkanes of at least 4 members (excludes halogenated alkanes) is 1. The molecule has 0 spiro atoms. The number of aryl methyl sites for hydroxylation is 1.